The van der Waals surface area contributed by atoms with Gasteiger partial charge in [0.1, 0.15) is 5.52 Å². The van der Waals surface area contributed by atoms with Crippen molar-refractivity contribution in [1.29, 1.82) is 0 Å². The second kappa shape index (κ2) is 7.28. The fourth-order valence-corrected chi connectivity index (χ4v) is 3.03. The van der Waals surface area contributed by atoms with E-state index in [1.807, 2.05) is 0 Å². The maximum Gasteiger partial charge on any atom is 0.416 e. The second-order valence-electron chi connectivity index (χ2n) is 5.81. The standard InChI is InChI=1S/C19H16N2O6/c1-2-27-17(22)10-12-8-14-11-15(13-6-4-3-5-7-13)20(19(23)24)18(14)16(9-12)21(25)26/h3-9,11H,2,10H2,1H3,(H,23,24). The van der Waals surface area contributed by atoms with Gasteiger partial charge in [0.05, 0.1) is 23.6 Å². The summed E-state index contributed by atoms with van der Waals surface area (Å²) < 4.78 is 5.79. The third kappa shape index (κ3) is 3.50. The highest BCUT2D eigenvalue weighted by Gasteiger charge is 2.25. The van der Waals surface area contributed by atoms with Crippen molar-refractivity contribution < 1.29 is 24.4 Å². The molecule has 8 heteroatoms. The predicted molar refractivity (Wildman–Crippen MR) is 97.8 cm³/mol. The monoisotopic (exact) mass is 368 g/mol. The first-order valence-electron chi connectivity index (χ1n) is 8.19. The number of carbonyl (C=O) groups is 2. The molecular formula is C19H16N2O6. The number of benzene rings is 2. The highest BCUT2D eigenvalue weighted by Crippen LogP contribution is 2.35. The highest BCUT2D eigenvalue weighted by molar-refractivity contribution is 6.01. The minimum Gasteiger partial charge on any atom is -0.466 e. The lowest BCUT2D eigenvalue weighted by Crippen LogP contribution is -2.11. The van der Waals surface area contributed by atoms with Gasteiger partial charge in [-0.3, -0.25) is 14.9 Å². The van der Waals surface area contributed by atoms with Gasteiger partial charge >= 0.3 is 12.1 Å². The topological polar surface area (TPSA) is 112 Å². The van der Waals surface area contributed by atoms with E-state index in [2.05, 4.69) is 0 Å². The Morgan fingerprint density at radius 3 is 2.48 bits per heavy atom. The molecule has 0 fully saturated rings. The average molecular weight is 368 g/mol. The van der Waals surface area contributed by atoms with Gasteiger partial charge in [-0.15, -0.1) is 0 Å². The Hall–Kier alpha value is -3.68. The number of carboxylic acid groups (broad SMARTS) is 1. The molecule has 0 spiro atoms. The molecule has 138 valence electrons. The molecule has 1 heterocycles. The van der Waals surface area contributed by atoms with Gasteiger partial charge in [0.2, 0.25) is 0 Å². The first-order chi connectivity index (χ1) is 12.9. The largest absolute Gasteiger partial charge is 0.466 e. The lowest BCUT2D eigenvalue weighted by Gasteiger charge is -2.07. The number of esters is 1. The number of rotatable bonds is 5. The molecule has 0 amide bonds. The Kier molecular flexibility index (Phi) is 4.89. The molecule has 0 aliphatic carbocycles. The SMILES string of the molecule is CCOC(=O)Cc1cc([N+](=O)[O-])c2c(c1)cc(-c1ccccc1)n2C(=O)O. The molecular weight excluding hydrogens is 352 g/mol. The van der Waals surface area contributed by atoms with Gasteiger partial charge in [-0.1, -0.05) is 30.3 Å². The molecule has 0 aliphatic heterocycles. The molecule has 27 heavy (non-hydrogen) atoms. The Labute approximate surface area is 153 Å². The van der Waals surface area contributed by atoms with Crippen LogP contribution in [0, 0.1) is 10.1 Å². The Bertz CT molecular complexity index is 1040. The van der Waals surface area contributed by atoms with E-state index in [1.54, 1.807) is 49.4 Å². The summed E-state index contributed by atoms with van der Waals surface area (Å²) >= 11 is 0. The van der Waals surface area contributed by atoms with Crippen LogP contribution in [0.4, 0.5) is 10.5 Å². The third-order valence-electron chi connectivity index (χ3n) is 4.05. The number of non-ortho nitro benzene ring substituents is 1. The number of nitro benzene ring substituents is 1. The number of aromatic nitrogens is 1. The van der Waals surface area contributed by atoms with Crippen LogP contribution in [-0.4, -0.2) is 33.3 Å². The van der Waals surface area contributed by atoms with Gasteiger partial charge in [-0.2, -0.15) is 0 Å². The van der Waals surface area contributed by atoms with Crippen molar-refractivity contribution >= 4 is 28.7 Å². The zero-order valence-corrected chi connectivity index (χ0v) is 14.4. The summed E-state index contributed by atoms with van der Waals surface area (Å²) in [6.45, 7) is 1.87. The fourth-order valence-electron chi connectivity index (χ4n) is 3.03. The van der Waals surface area contributed by atoms with Crippen molar-refractivity contribution in [3.05, 3.63) is 64.2 Å². The Morgan fingerprint density at radius 1 is 1.19 bits per heavy atom. The summed E-state index contributed by atoms with van der Waals surface area (Å²) in [6.07, 6.45) is -1.46. The molecule has 0 unspecified atom stereocenters. The molecule has 0 saturated carbocycles. The molecule has 0 atom stereocenters. The summed E-state index contributed by atoms with van der Waals surface area (Å²) in [7, 11) is 0. The van der Waals surface area contributed by atoms with Gasteiger partial charge < -0.3 is 9.84 Å². The molecule has 0 radical (unpaired) electrons. The zero-order chi connectivity index (χ0) is 19.6. The summed E-state index contributed by atoms with van der Waals surface area (Å²) in [4.78, 5) is 34.5. The van der Waals surface area contributed by atoms with Crippen LogP contribution in [0.3, 0.4) is 0 Å². The molecule has 3 aromatic rings. The minimum absolute atomic E-state index is 0.0287. The number of nitro groups is 1. The van der Waals surface area contributed by atoms with Crippen LogP contribution in [0.1, 0.15) is 12.5 Å². The van der Waals surface area contributed by atoms with Crippen LogP contribution >= 0.6 is 0 Å². The van der Waals surface area contributed by atoms with Gasteiger partial charge in [-0.05, 0) is 30.2 Å². The van der Waals surface area contributed by atoms with Crippen molar-refractivity contribution in [3.8, 4) is 11.3 Å². The quantitative estimate of drug-likeness (QED) is 0.416. The lowest BCUT2D eigenvalue weighted by atomic mass is 10.1. The van der Waals surface area contributed by atoms with Crippen LogP contribution in [0.5, 0.6) is 0 Å². The zero-order valence-electron chi connectivity index (χ0n) is 14.4. The highest BCUT2D eigenvalue weighted by atomic mass is 16.6. The Balaban J connectivity index is 2.26. The van der Waals surface area contributed by atoms with Gasteiger partial charge in [0.15, 0.2) is 0 Å². The van der Waals surface area contributed by atoms with Gasteiger partial charge in [-0.25, -0.2) is 9.36 Å². The number of hydrogen-bond acceptors (Lipinski definition) is 5. The van der Waals surface area contributed by atoms with Crippen molar-refractivity contribution in [2.24, 2.45) is 0 Å². The van der Waals surface area contributed by atoms with Gasteiger partial charge in [0, 0.05) is 11.5 Å². The average Bonchev–Trinajstić information content (AvgIpc) is 3.01. The van der Waals surface area contributed by atoms with E-state index >= 15 is 0 Å². The first-order valence-corrected chi connectivity index (χ1v) is 8.19. The predicted octanol–water partition coefficient (Wildman–Crippen LogP) is 3.85. The molecule has 0 saturated heterocycles. The van der Waals surface area contributed by atoms with E-state index in [4.69, 9.17) is 4.74 Å². The molecule has 1 aromatic heterocycles. The summed E-state index contributed by atoms with van der Waals surface area (Å²) in [5.74, 6) is -0.507. The van der Waals surface area contributed by atoms with Crippen molar-refractivity contribution in [3.63, 3.8) is 0 Å². The molecule has 1 N–H and O–H groups in total. The number of carbonyl (C=O) groups excluding carboxylic acids is 1. The second-order valence-corrected chi connectivity index (χ2v) is 5.81. The molecule has 8 nitrogen and oxygen atoms in total. The normalized spacial score (nSPS) is 10.7. The lowest BCUT2D eigenvalue weighted by molar-refractivity contribution is -0.383. The number of ether oxygens (including phenoxy) is 1. The molecule has 0 bridgehead atoms. The van der Waals surface area contributed by atoms with E-state index in [1.165, 1.54) is 6.07 Å². The first kappa shape index (κ1) is 18.1. The van der Waals surface area contributed by atoms with Crippen molar-refractivity contribution in [2.45, 2.75) is 13.3 Å². The van der Waals surface area contributed by atoms with Crippen molar-refractivity contribution in [2.75, 3.05) is 6.61 Å². The molecule has 0 aliphatic rings. The van der Waals surface area contributed by atoms with Crippen LogP contribution in [0.25, 0.3) is 22.2 Å². The van der Waals surface area contributed by atoms with Crippen LogP contribution in [0.15, 0.2) is 48.5 Å². The van der Waals surface area contributed by atoms with E-state index in [0.29, 0.717) is 22.2 Å². The number of nitrogens with zero attached hydrogens (tertiary/aromatic N) is 2. The smallest absolute Gasteiger partial charge is 0.416 e. The maximum absolute atomic E-state index is 11.9. The molecule has 3 rings (SSSR count). The Morgan fingerprint density at radius 2 is 1.89 bits per heavy atom. The third-order valence-corrected chi connectivity index (χ3v) is 4.05. The van der Waals surface area contributed by atoms with E-state index in [9.17, 15) is 24.8 Å². The maximum atomic E-state index is 11.9. The molecule has 2 aromatic carbocycles. The van der Waals surface area contributed by atoms with E-state index < -0.39 is 17.0 Å². The summed E-state index contributed by atoms with van der Waals surface area (Å²) in [5.41, 5.74) is 0.900. The minimum atomic E-state index is -1.33. The summed E-state index contributed by atoms with van der Waals surface area (Å²) in [5, 5.41) is 21.6. The number of fused-ring (bicyclic) bond motifs is 1. The summed E-state index contributed by atoms with van der Waals surface area (Å²) in [6, 6.07) is 13.1. The fraction of sp³-hybridized carbons (Fsp3) is 0.158. The van der Waals surface area contributed by atoms with Crippen LogP contribution in [-0.2, 0) is 16.0 Å². The van der Waals surface area contributed by atoms with Crippen LogP contribution < -0.4 is 0 Å². The van der Waals surface area contributed by atoms with Crippen molar-refractivity contribution in [1.82, 2.24) is 4.57 Å². The van der Waals surface area contributed by atoms with Gasteiger partial charge in [0.25, 0.3) is 5.69 Å². The van der Waals surface area contributed by atoms with E-state index in [0.717, 1.165) is 4.57 Å². The van der Waals surface area contributed by atoms with E-state index in [-0.39, 0.29) is 24.2 Å². The van der Waals surface area contributed by atoms with Crippen LogP contribution in [0.2, 0.25) is 0 Å². The number of hydrogen-bond donors (Lipinski definition) is 1.